The second-order valence-electron chi connectivity index (χ2n) is 9.41. The van der Waals surface area contributed by atoms with Gasteiger partial charge in [-0.05, 0) is 58.6 Å². The van der Waals surface area contributed by atoms with Crippen LogP contribution in [-0.2, 0) is 4.74 Å². The Morgan fingerprint density at radius 2 is 2.00 bits per heavy atom. The minimum atomic E-state index is -0.520. The Labute approximate surface area is 160 Å². The largest absolute Gasteiger partial charge is 0.444 e. The Kier molecular flexibility index (Phi) is 4.20. The van der Waals surface area contributed by atoms with Crippen molar-refractivity contribution < 1.29 is 14.3 Å². The molecule has 2 aliphatic heterocycles. The molecule has 27 heavy (non-hydrogen) atoms. The number of carbonyl (C=O) groups is 2. The zero-order chi connectivity index (χ0) is 19.4. The number of piperidine rings is 1. The van der Waals surface area contributed by atoms with Crippen molar-refractivity contribution in [3.8, 4) is 0 Å². The molecule has 2 bridgehead atoms. The molecule has 6 nitrogen and oxygen atoms in total. The van der Waals surface area contributed by atoms with Crippen molar-refractivity contribution in [2.24, 2.45) is 5.41 Å². The SMILES string of the molecule is CC(C)(C)OC(=O)N1C[C@@H]2C[C@@]3(C)[C@H](CCC[C@@H]13)N2C(=O)c1cccnc1. The summed E-state index contributed by atoms with van der Waals surface area (Å²) in [4.78, 5) is 34.3. The number of nitrogens with zero attached hydrogens (tertiary/aromatic N) is 3. The van der Waals surface area contributed by atoms with E-state index in [1.807, 2.05) is 36.6 Å². The molecule has 2 saturated heterocycles. The van der Waals surface area contributed by atoms with Crippen LogP contribution in [0.25, 0.3) is 0 Å². The third-order valence-corrected chi connectivity index (χ3v) is 6.44. The standard InChI is InChI=1S/C21H29N3O3/c1-20(2,3)27-19(26)23-13-15-11-21(4)16(23)8-5-9-17(21)24(15)18(25)14-7-6-10-22-12-14/h6-7,10,12,15-17H,5,8-9,11,13H2,1-4H3/t15-,16+,17-,21+/m0/s1. The maximum atomic E-state index is 13.3. The third-order valence-electron chi connectivity index (χ3n) is 6.44. The molecule has 146 valence electrons. The highest BCUT2D eigenvalue weighted by Crippen LogP contribution is 2.54. The van der Waals surface area contributed by atoms with Gasteiger partial charge in [0, 0.05) is 36.4 Å². The van der Waals surface area contributed by atoms with Crippen LogP contribution in [-0.4, -0.2) is 57.1 Å². The van der Waals surface area contributed by atoms with Gasteiger partial charge in [-0.15, -0.1) is 0 Å². The van der Waals surface area contributed by atoms with Gasteiger partial charge in [-0.3, -0.25) is 9.78 Å². The van der Waals surface area contributed by atoms with E-state index in [1.165, 1.54) is 0 Å². The lowest BCUT2D eigenvalue weighted by Gasteiger charge is -2.49. The molecule has 3 heterocycles. The minimum absolute atomic E-state index is 0.0357. The number of pyridine rings is 1. The summed E-state index contributed by atoms with van der Waals surface area (Å²) >= 11 is 0. The highest BCUT2D eigenvalue weighted by Gasteiger charge is 2.62. The molecule has 0 unspecified atom stereocenters. The van der Waals surface area contributed by atoms with Gasteiger partial charge in [-0.1, -0.05) is 6.92 Å². The van der Waals surface area contributed by atoms with Crippen LogP contribution in [0.2, 0.25) is 0 Å². The van der Waals surface area contributed by atoms with E-state index in [0.29, 0.717) is 12.1 Å². The van der Waals surface area contributed by atoms with E-state index in [9.17, 15) is 9.59 Å². The van der Waals surface area contributed by atoms with Crippen LogP contribution in [0.4, 0.5) is 4.79 Å². The molecule has 0 N–H and O–H groups in total. The van der Waals surface area contributed by atoms with Gasteiger partial charge >= 0.3 is 6.09 Å². The molecular weight excluding hydrogens is 342 g/mol. The summed E-state index contributed by atoms with van der Waals surface area (Å²) in [6, 6.07) is 3.96. The van der Waals surface area contributed by atoms with Gasteiger partial charge in [-0.25, -0.2) is 4.79 Å². The van der Waals surface area contributed by atoms with E-state index in [2.05, 4.69) is 11.9 Å². The van der Waals surface area contributed by atoms with Crippen LogP contribution in [0.1, 0.15) is 63.7 Å². The molecule has 1 aromatic rings. The molecular formula is C21H29N3O3. The Morgan fingerprint density at radius 1 is 1.26 bits per heavy atom. The van der Waals surface area contributed by atoms with Gasteiger partial charge in [0.15, 0.2) is 0 Å². The average molecular weight is 371 g/mol. The Bertz CT molecular complexity index is 745. The number of hydrogen-bond donors (Lipinski definition) is 0. The van der Waals surface area contributed by atoms with Crippen molar-refractivity contribution in [2.45, 2.75) is 77.1 Å². The molecule has 2 amide bonds. The predicted molar refractivity (Wildman–Crippen MR) is 101 cm³/mol. The fraction of sp³-hybridized carbons (Fsp3) is 0.667. The Morgan fingerprint density at radius 3 is 2.67 bits per heavy atom. The lowest BCUT2D eigenvalue weighted by atomic mass is 9.66. The first-order chi connectivity index (χ1) is 12.7. The Balaban J connectivity index is 1.66. The number of aromatic nitrogens is 1. The molecule has 1 aromatic heterocycles. The molecule has 1 aliphatic carbocycles. The highest BCUT2D eigenvalue weighted by molar-refractivity contribution is 5.94. The van der Waals surface area contributed by atoms with Crippen molar-refractivity contribution in [2.75, 3.05) is 6.54 Å². The first-order valence-electron chi connectivity index (χ1n) is 9.93. The Hall–Kier alpha value is -2.11. The van der Waals surface area contributed by atoms with E-state index in [-0.39, 0.29) is 35.5 Å². The first kappa shape index (κ1) is 18.3. The van der Waals surface area contributed by atoms with Crippen molar-refractivity contribution >= 4 is 12.0 Å². The smallest absolute Gasteiger partial charge is 0.410 e. The molecule has 6 heteroatoms. The van der Waals surface area contributed by atoms with Crippen LogP contribution in [0, 0.1) is 5.41 Å². The van der Waals surface area contributed by atoms with Crippen molar-refractivity contribution in [3.63, 3.8) is 0 Å². The summed E-state index contributed by atoms with van der Waals surface area (Å²) < 4.78 is 5.69. The van der Waals surface area contributed by atoms with Crippen LogP contribution in [0.15, 0.2) is 24.5 Å². The van der Waals surface area contributed by atoms with E-state index in [1.54, 1.807) is 18.5 Å². The monoisotopic (exact) mass is 371 g/mol. The second-order valence-corrected chi connectivity index (χ2v) is 9.41. The number of likely N-dealkylation sites (tertiary alicyclic amines) is 2. The summed E-state index contributed by atoms with van der Waals surface area (Å²) in [7, 11) is 0. The van der Waals surface area contributed by atoms with Gasteiger partial charge in [-0.2, -0.15) is 0 Å². The van der Waals surface area contributed by atoms with Gasteiger partial charge in [0.1, 0.15) is 5.60 Å². The zero-order valence-corrected chi connectivity index (χ0v) is 16.6. The molecule has 0 radical (unpaired) electrons. The van der Waals surface area contributed by atoms with Crippen molar-refractivity contribution in [1.82, 2.24) is 14.8 Å². The molecule has 0 aromatic carbocycles. The fourth-order valence-electron chi connectivity index (χ4n) is 5.46. The molecule has 4 atom stereocenters. The summed E-state index contributed by atoms with van der Waals surface area (Å²) in [6.07, 6.45) is 7.02. The van der Waals surface area contributed by atoms with Crippen LogP contribution in [0.3, 0.4) is 0 Å². The van der Waals surface area contributed by atoms with Gasteiger partial charge in [0.05, 0.1) is 11.6 Å². The van der Waals surface area contributed by atoms with Crippen molar-refractivity contribution in [1.29, 1.82) is 0 Å². The fourth-order valence-corrected chi connectivity index (χ4v) is 5.46. The van der Waals surface area contributed by atoms with E-state index >= 15 is 0 Å². The number of fused-ring (bicyclic) bond motifs is 1. The molecule has 3 fully saturated rings. The summed E-state index contributed by atoms with van der Waals surface area (Å²) in [5.41, 5.74) is 0.0311. The van der Waals surface area contributed by atoms with Crippen LogP contribution in [0.5, 0.6) is 0 Å². The third kappa shape index (κ3) is 2.99. The zero-order valence-electron chi connectivity index (χ0n) is 16.6. The number of carbonyl (C=O) groups excluding carboxylic acids is 2. The van der Waals surface area contributed by atoms with Crippen LogP contribution < -0.4 is 0 Å². The molecule has 3 aliphatic rings. The van der Waals surface area contributed by atoms with Gasteiger partial charge < -0.3 is 14.5 Å². The topological polar surface area (TPSA) is 62.7 Å². The first-order valence-corrected chi connectivity index (χ1v) is 9.93. The average Bonchev–Trinajstić information content (AvgIpc) is 2.90. The number of amides is 2. The van der Waals surface area contributed by atoms with Crippen LogP contribution >= 0.6 is 0 Å². The molecule has 0 spiro atoms. The number of hydrogen-bond acceptors (Lipinski definition) is 4. The van der Waals surface area contributed by atoms with Gasteiger partial charge in [0.2, 0.25) is 0 Å². The molecule has 4 rings (SSSR count). The summed E-state index contributed by atoms with van der Waals surface area (Å²) in [6.45, 7) is 8.49. The lowest BCUT2D eigenvalue weighted by molar-refractivity contribution is -0.0247. The van der Waals surface area contributed by atoms with E-state index in [4.69, 9.17) is 4.74 Å². The minimum Gasteiger partial charge on any atom is -0.444 e. The second kappa shape index (κ2) is 6.21. The quantitative estimate of drug-likeness (QED) is 0.758. The predicted octanol–water partition coefficient (Wildman–Crippen LogP) is 3.47. The maximum Gasteiger partial charge on any atom is 0.410 e. The maximum absolute atomic E-state index is 13.3. The van der Waals surface area contributed by atoms with E-state index < -0.39 is 5.60 Å². The van der Waals surface area contributed by atoms with Gasteiger partial charge in [0.25, 0.3) is 5.91 Å². The number of ether oxygens (including phenoxy) is 1. The lowest BCUT2D eigenvalue weighted by Crippen LogP contribution is -2.58. The normalized spacial score (nSPS) is 32.4. The highest BCUT2D eigenvalue weighted by atomic mass is 16.6. The summed E-state index contributed by atoms with van der Waals surface area (Å²) in [5, 5.41) is 0. The molecule has 1 saturated carbocycles. The van der Waals surface area contributed by atoms with Crippen molar-refractivity contribution in [3.05, 3.63) is 30.1 Å². The number of rotatable bonds is 1. The van der Waals surface area contributed by atoms with E-state index in [0.717, 1.165) is 25.7 Å². The summed E-state index contributed by atoms with van der Waals surface area (Å²) in [5.74, 6) is 0.0357.